The third-order valence-corrected chi connectivity index (χ3v) is 5.14. The summed E-state index contributed by atoms with van der Waals surface area (Å²) in [6.07, 6.45) is 3.80. The van der Waals surface area contributed by atoms with Crippen molar-refractivity contribution in [3.8, 4) is 17.2 Å². The van der Waals surface area contributed by atoms with Crippen LogP contribution in [0.3, 0.4) is 0 Å². The quantitative estimate of drug-likeness (QED) is 0.332. The van der Waals surface area contributed by atoms with Gasteiger partial charge in [-0.15, -0.1) is 0 Å². The summed E-state index contributed by atoms with van der Waals surface area (Å²) in [5.74, 6) is 1.31. The average molecular weight is 396 g/mol. The number of hydrogen-bond acceptors (Lipinski definition) is 7. The Hall–Kier alpha value is -3.39. The first-order valence-corrected chi connectivity index (χ1v) is 9.16. The molecule has 4 rings (SSSR count). The van der Waals surface area contributed by atoms with Crippen molar-refractivity contribution < 1.29 is 23.9 Å². The van der Waals surface area contributed by atoms with Crippen molar-refractivity contribution >= 4 is 17.5 Å². The highest BCUT2D eigenvalue weighted by atomic mass is 16.7. The van der Waals surface area contributed by atoms with Gasteiger partial charge in [-0.25, -0.2) is 0 Å². The fourth-order valence-corrected chi connectivity index (χ4v) is 3.73. The largest absolute Gasteiger partial charge is 0.492 e. The molecule has 8 nitrogen and oxygen atoms in total. The van der Waals surface area contributed by atoms with E-state index in [1.807, 2.05) is 7.05 Å². The molecule has 0 unspecified atom stereocenters. The predicted octanol–water partition coefficient (Wildman–Crippen LogP) is 3.22. The van der Waals surface area contributed by atoms with Crippen LogP contribution < -0.4 is 14.2 Å². The smallest absolute Gasteiger partial charge is 0.269 e. The highest BCUT2D eigenvalue weighted by Crippen LogP contribution is 2.49. The van der Waals surface area contributed by atoms with E-state index in [-0.39, 0.29) is 18.3 Å². The van der Waals surface area contributed by atoms with Gasteiger partial charge in [-0.05, 0) is 42.8 Å². The average Bonchev–Trinajstić information content (AvgIpc) is 3.19. The zero-order valence-electron chi connectivity index (χ0n) is 16.1. The lowest BCUT2D eigenvalue weighted by Crippen LogP contribution is -2.28. The van der Waals surface area contributed by atoms with Crippen molar-refractivity contribution in [2.24, 2.45) is 0 Å². The number of carbonyl (C=O) groups excluding carboxylic acids is 1. The van der Waals surface area contributed by atoms with E-state index in [1.54, 1.807) is 25.3 Å². The number of nitrogens with zero attached hydrogens (tertiary/aromatic N) is 2. The lowest BCUT2D eigenvalue weighted by atomic mass is 9.90. The molecule has 0 fully saturated rings. The summed E-state index contributed by atoms with van der Waals surface area (Å²) in [5.41, 5.74) is 3.06. The van der Waals surface area contributed by atoms with Gasteiger partial charge in [0.05, 0.1) is 17.6 Å². The zero-order chi connectivity index (χ0) is 20.5. The van der Waals surface area contributed by atoms with Gasteiger partial charge >= 0.3 is 0 Å². The molecule has 0 aliphatic carbocycles. The number of fused-ring (bicyclic) bond motifs is 2. The molecule has 0 aromatic heterocycles. The molecule has 2 aromatic rings. The number of methoxy groups -OCH3 is 1. The van der Waals surface area contributed by atoms with Gasteiger partial charge < -0.3 is 19.1 Å². The number of rotatable bonds is 5. The molecule has 150 valence electrons. The maximum Gasteiger partial charge on any atom is 0.269 e. The van der Waals surface area contributed by atoms with Gasteiger partial charge in [-0.3, -0.25) is 14.9 Å². The van der Waals surface area contributed by atoms with Crippen molar-refractivity contribution in [3.05, 3.63) is 62.7 Å². The molecular formula is C21H20N2O6. The Morgan fingerprint density at radius 3 is 2.62 bits per heavy atom. The van der Waals surface area contributed by atoms with Crippen LogP contribution in [-0.2, 0) is 13.0 Å². The summed E-state index contributed by atoms with van der Waals surface area (Å²) >= 11 is 0. The molecule has 2 aliphatic rings. The van der Waals surface area contributed by atoms with Gasteiger partial charge in [0.25, 0.3) is 5.69 Å². The second-order valence-electron chi connectivity index (χ2n) is 6.96. The molecule has 0 saturated carbocycles. The number of ketones is 1. The van der Waals surface area contributed by atoms with Crippen molar-refractivity contribution in [3.63, 3.8) is 0 Å². The molecule has 0 bridgehead atoms. The van der Waals surface area contributed by atoms with Crippen LogP contribution in [0.5, 0.6) is 17.2 Å². The monoisotopic (exact) mass is 396 g/mol. The minimum Gasteiger partial charge on any atom is -0.492 e. The third-order valence-electron chi connectivity index (χ3n) is 5.14. The molecule has 0 amide bonds. The fourth-order valence-electron chi connectivity index (χ4n) is 3.73. The van der Waals surface area contributed by atoms with Gasteiger partial charge in [0, 0.05) is 30.8 Å². The summed E-state index contributed by atoms with van der Waals surface area (Å²) < 4.78 is 16.8. The molecule has 0 N–H and O–H groups in total. The van der Waals surface area contributed by atoms with E-state index in [9.17, 15) is 14.9 Å². The Labute approximate surface area is 167 Å². The van der Waals surface area contributed by atoms with Crippen LogP contribution in [0.1, 0.15) is 27.0 Å². The van der Waals surface area contributed by atoms with E-state index in [2.05, 4.69) is 4.90 Å². The molecule has 0 spiro atoms. The minimum atomic E-state index is -0.458. The Kier molecular flexibility index (Phi) is 4.94. The molecular weight excluding hydrogens is 376 g/mol. The van der Waals surface area contributed by atoms with Crippen molar-refractivity contribution in [1.29, 1.82) is 0 Å². The maximum absolute atomic E-state index is 13.1. The number of non-ortho nitro benzene ring substituents is 1. The second kappa shape index (κ2) is 7.56. The van der Waals surface area contributed by atoms with Crippen LogP contribution in [0.15, 0.2) is 30.3 Å². The van der Waals surface area contributed by atoms with Crippen LogP contribution in [0.4, 0.5) is 5.69 Å². The normalized spacial score (nSPS) is 15.4. The van der Waals surface area contributed by atoms with Crippen molar-refractivity contribution in [2.45, 2.75) is 13.0 Å². The summed E-state index contributed by atoms with van der Waals surface area (Å²) in [6, 6.07) is 6.02. The first-order valence-electron chi connectivity index (χ1n) is 9.16. The number of benzene rings is 2. The zero-order valence-corrected chi connectivity index (χ0v) is 16.1. The van der Waals surface area contributed by atoms with Crippen LogP contribution in [0.25, 0.3) is 6.08 Å². The maximum atomic E-state index is 13.1. The lowest BCUT2D eigenvalue weighted by molar-refractivity contribution is -0.384. The summed E-state index contributed by atoms with van der Waals surface area (Å²) in [4.78, 5) is 25.6. The van der Waals surface area contributed by atoms with Gasteiger partial charge in [-0.1, -0.05) is 6.08 Å². The van der Waals surface area contributed by atoms with E-state index in [1.165, 1.54) is 18.2 Å². The van der Waals surface area contributed by atoms with Gasteiger partial charge in [0.2, 0.25) is 12.5 Å². The number of likely N-dealkylation sites (N-methyl/N-ethyl adjacent to an activating group) is 1. The number of carbonyl (C=O) groups is 1. The van der Waals surface area contributed by atoms with E-state index in [0.29, 0.717) is 41.3 Å². The Morgan fingerprint density at radius 2 is 1.93 bits per heavy atom. The van der Waals surface area contributed by atoms with Gasteiger partial charge in [0.15, 0.2) is 17.3 Å². The molecule has 0 radical (unpaired) electrons. The molecule has 2 aromatic carbocycles. The van der Waals surface area contributed by atoms with Crippen molar-refractivity contribution in [1.82, 2.24) is 4.90 Å². The van der Waals surface area contributed by atoms with Crippen LogP contribution in [0.2, 0.25) is 0 Å². The predicted molar refractivity (Wildman–Crippen MR) is 106 cm³/mol. The fraction of sp³-hybridized carbons (Fsp3) is 0.286. The summed E-state index contributed by atoms with van der Waals surface area (Å²) in [7, 11) is 3.60. The van der Waals surface area contributed by atoms with Crippen molar-refractivity contribution in [2.75, 3.05) is 27.5 Å². The minimum absolute atomic E-state index is 0.00480. The standard InChI is InChI=1S/C21H20N2O6/c1-22-10-9-15-16(11-22)19(27-2)21-20(28-12-29-21)18(15)17(24)8-5-13-3-6-14(7-4-13)23(25)26/h3-8H,9-12H2,1-2H3/b8-5+. The van der Waals surface area contributed by atoms with E-state index < -0.39 is 4.92 Å². The van der Waals surface area contributed by atoms with Crippen LogP contribution in [-0.4, -0.2) is 43.1 Å². The molecule has 0 saturated heterocycles. The summed E-state index contributed by atoms with van der Waals surface area (Å²) in [6.45, 7) is 1.51. The number of allylic oxidation sites excluding steroid dienone is 1. The number of ether oxygens (including phenoxy) is 3. The SMILES string of the molecule is COc1c2c(c(C(=O)/C=C/c3ccc([N+](=O)[O-])cc3)c3c1OCO3)CCN(C)C2. The highest BCUT2D eigenvalue weighted by Gasteiger charge is 2.34. The number of nitro benzene ring substituents is 1. The first-order chi connectivity index (χ1) is 14.0. The Balaban J connectivity index is 1.72. The topological polar surface area (TPSA) is 91.1 Å². The van der Waals surface area contributed by atoms with Gasteiger partial charge in [-0.2, -0.15) is 0 Å². The Morgan fingerprint density at radius 1 is 1.21 bits per heavy atom. The third kappa shape index (κ3) is 3.42. The highest BCUT2D eigenvalue weighted by molar-refractivity contribution is 6.11. The van der Waals surface area contributed by atoms with E-state index in [0.717, 1.165) is 17.7 Å². The molecule has 2 aliphatic heterocycles. The lowest BCUT2D eigenvalue weighted by Gasteiger charge is -2.28. The first kappa shape index (κ1) is 18.9. The molecule has 0 atom stereocenters. The molecule has 2 heterocycles. The van der Waals surface area contributed by atoms with E-state index >= 15 is 0 Å². The number of hydrogen-bond donors (Lipinski definition) is 0. The molecule has 8 heteroatoms. The van der Waals surface area contributed by atoms with Crippen LogP contribution in [0, 0.1) is 10.1 Å². The summed E-state index contributed by atoms with van der Waals surface area (Å²) in [5, 5.41) is 10.8. The second-order valence-corrected chi connectivity index (χ2v) is 6.96. The van der Waals surface area contributed by atoms with Gasteiger partial charge in [0.1, 0.15) is 0 Å². The number of nitro groups is 1. The molecule has 29 heavy (non-hydrogen) atoms. The van der Waals surface area contributed by atoms with E-state index in [4.69, 9.17) is 14.2 Å². The van der Waals surface area contributed by atoms with Crippen LogP contribution >= 0.6 is 0 Å². The Bertz CT molecular complexity index is 1010.